The maximum Gasteiger partial charge on any atom is 0.00111 e. The monoisotopic (exact) mass is 284 g/mol. The van der Waals surface area contributed by atoms with Crippen LogP contribution in [-0.2, 0) is 0 Å². The van der Waals surface area contributed by atoms with Crippen molar-refractivity contribution in [3.8, 4) is 0 Å². The Balaban J connectivity index is 1.54. The van der Waals surface area contributed by atoms with E-state index in [1.54, 1.807) is 32.1 Å². The Morgan fingerprint density at radius 3 is 2.86 bits per heavy atom. The summed E-state index contributed by atoms with van der Waals surface area (Å²) in [6, 6.07) is 0. The standard InChI is InChI=1S/C21H32/c1-3-6-15-8-9-17-19(15,2)13-11-18-20-12-5-4-7-16(20)10-14-21(17,18)20/h10,15,17-18H,3-9,11-14H2,1-2H3. The van der Waals surface area contributed by atoms with Gasteiger partial charge in [0.25, 0.3) is 0 Å². The van der Waals surface area contributed by atoms with Crippen LogP contribution < -0.4 is 0 Å². The minimum Gasteiger partial charge on any atom is -0.0841 e. The molecule has 21 heavy (non-hydrogen) atoms. The van der Waals surface area contributed by atoms with Gasteiger partial charge in [-0.3, -0.25) is 0 Å². The zero-order chi connectivity index (χ0) is 14.3. The molecule has 5 aliphatic rings. The van der Waals surface area contributed by atoms with E-state index in [1.165, 1.54) is 38.5 Å². The second-order valence-electron chi connectivity index (χ2n) is 9.36. The van der Waals surface area contributed by atoms with Crippen LogP contribution in [0.25, 0.3) is 0 Å². The molecule has 0 aromatic rings. The maximum absolute atomic E-state index is 2.73. The average molecular weight is 284 g/mol. The molecule has 0 aromatic carbocycles. The molecule has 0 N–H and O–H groups in total. The van der Waals surface area contributed by atoms with Gasteiger partial charge in [-0.05, 0) is 80.0 Å². The number of allylic oxidation sites excluding steroid dienone is 2. The first-order valence-corrected chi connectivity index (χ1v) is 9.89. The second kappa shape index (κ2) is 3.98. The molecular formula is C21H32. The Morgan fingerprint density at radius 1 is 1.10 bits per heavy atom. The van der Waals surface area contributed by atoms with Crippen molar-refractivity contribution in [3.63, 3.8) is 0 Å². The molecule has 6 unspecified atom stereocenters. The van der Waals surface area contributed by atoms with Gasteiger partial charge in [0.1, 0.15) is 0 Å². The summed E-state index contributed by atoms with van der Waals surface area (Å²) >= 11 is 0. The van der Waals surface area contributed by atoms with Gasteiger partial charge in [-0.15, -0.1) is 0 Å². The number of rotatable bonds is 2. The molecule has 0 bridgehead atoms. The summed E-state index contributed by atoms with van der Waals surface area (Å²) in [6.45, 7) is 5.11. The van der Waals surface area contributed by atoms with Gasteiger partial charge < -0.3 is 0 Å². The van der Waals surface area contributed by atoms with E-state index in [-0.39, 0.29) is 0 Å². The summed E-state index contributed by atoms with van der Waals surface area (Å²) in [6.07, 6.45) is 19.4. The third-order valence-electron chi connectivity index (χ3n) is 9.25. The molecule has 0 aliphatic heterocycles. The van der Waals surface area contributed by atoms with E-state index < -0.39 is 0 Å². The van der Waals surface area contributed by atoms with Crippen molar-refractivity contribution in [3.05, 3.63) is 11.6 Å². The lowest BCUT2D eigenvalue weighted by Gasteiger charge is -2.45. The molecule has 5 aliphatic carbocycles. The largest absolute Gasteiger partial charge is 0.0841 e. The minimum absolute atomic E-state index is 0.705. The fourth-order valence-electron chi connectivity index (χ4n) is 8.66. The topological polar surface area (TPSA) is 0 Å². The van der Waals surface area contributed by atoms with E-state index in [2.05, 4.69) is 19.9 Å². The number of fused-ring (bicyclic) bond motifs is 1. The fraction of sp³-hybridized carbons (Fsp3) is 0.905. The normalized spacial score (nSPS) is 57.0. The molecule has 2 spiro atoms. The highest BCUT2D eigenvalue weighted by molar-refractivity contribution is 5.45. The van der Waals surface area contributed by atoms with Gasteiger partial charge in [0.15, 0.2) is 0 Å². The predicted octanol–water partition coefficient (Wildman–Crippen LogP) is 6.12. The van der Waals surface area contributed by atoms with Crippen LogP contribution >= 0.6 is 0 Å². The lowest BCUT2D eigenvalue weighted by atomic mass is 9.59. The van der Waals surface area contributed by atoms with E-state index in [9.17, 15) is 0 Å². The van der Waals surface area contributed by atoms with Crippen molar-refractivity contribution in [1.82, 2.24) is 0 Å². The van der Waals surface area contributed by atoms with E-state index >= 15 is 0 Å². The molecule has 116 valence electrons. The van der Waals surface area contributed by atoms with E-state index in [0.29, 0.717) is 5.41 Å². The zero-order valence-electron chi connectivity index (χ0n) is 14.1. The lowest BCUT2D eigenvalue weighted by Crippen LogP contribution is -2.38. The summed E-state index contributed by atoms with van der Waals surface area (Å²) < 4.78 is 0. The summed E-state index contributed by atoms with van der Waals surface area (Å²) in [5.41, 5.74) is 4.17. The molecule has 0 heterocycles. The molecule has 4 saturated carbocycles. The first-order valence-electron chi connectivity index (χ1n) is 9.89. The molecule has 4 fully saturated rings. The van der Waals surface area contributed by atoms with Gasteiger partial charge >= 0.3 is 0 Å². The van der Waals surface area contributed by atoms with E-state index in [1.807, 2.05) is 5.57 Å². The van der Waals surface area contributed by atoms with Crippen LogP contribution in [0.1, 0.15) is 84.5 Å². The summed E-state index contributed by atoms with van der Waals surface area (Å²) in [7, 11) is 0. The minimum atomic E-state index is 0.705. The summed E-state index contributed by atoms with van der Waals surface area (Å²) in [4.78, 5) is 0. The maximum atomic E-state index is 2.73. The molecule has 6 atom stereocenters. The van der Waals surface area contributed by atoms with Crippen LogP contribution in [0, 0.1) is 34.0 Å². The van der Waals surface area contributed by atoms with Crippen LogP contribution in [0.5, 0.6) is 0 Å². The molecule has 0 heteroatoms. The zero-order valence-corrected chi connectivity index (χ0v) is 14.1. The van der Waals surface area contributed by atoms with Crippen LogP contribution in [0.4, 0.5) is 0 Å². The molecule has 0 aromatic heterocycles. The van der Waals surface area contributed by atoms with Crippen LogP contribution in [0.15, 0.2) is 11.6 Å². The van der Waals surface area contributed by atoms with Gasteiger partial charge in [0.2, 0.25) is 0 Å². The van der Waals surface area contributed by atoms with Crippen molar-refractivity contribution in [2.75, 3.05) is 0 Å². The first kappa shape index (κ1) is 13.2. The first-order chi connectivity index (χ1) is 10.2. The summed E-state index contributed by atoms with van der Waals surface area (Å²) in [5.74, 6) is 3.24. The van der Waals surface area contributed by atoms with Gasteiger partial charge in [-0.2, -0.15) is 0 Å². The molecule has 0 radical (unpaired) electrons. The molecule has 0 saturated heterocycles. The molecule has 0 nitrogen and oxygen atoms in total. The van der Waals surface area contributed by atoms with Gasteiger partial charge in [-0.1, -0.05) is 44.8 Å². The average Bonchev–Trinajstić information content (AvgIpc) is 2.77. The van der Waals surface area contributed by atoms with Crippen molar-refractivity contribution in [1.29, 1.82) is 0 Å². The van der Waals surface area contributed by atoms with Crippen LogP contribution in [-0.4, -0.2) is 0 Å². The van der Waals surface area contributed by atoms with Crippen molar-refractivity contribution in [2.45, 2.75) is 84.5 Å². The number of hydrogen-bond donors (Lipinski definition) is 0. The Hall–Kier alpha value is -0.260. The highest BCUT2D eigenvalue weighted by Gasteiger charge is 2.83. The van der Waals surface area contributed by atoms with Crippen LogP contribution in [0.2, 0.25) is 0 Å². The Morgan fingerprint density at radius 2 is 2.00 bits per heavy atom. The Kier molecular flexibility index (Phi) is 2.50. The quantitative estimate of drug-likeness (QED) is 0.536. The highest BCUT2D eigenvalue weighted by Crippen LogP contribution is 2.90. The second-order valence-corrected chi connectivity index (χ2v) is 9.36. The highest BCUT2D eigenvalue weighted by atomic mass is 14.9. The Bertz CT molecular complexity index is 502. The third-order valence-corrected chi connectivity index (χ3v) is 9.25. The Labute approximate surface area is 130 Å². The van der Waals surface area contributed by atoms with Gasteiger partial charge in [0.05, 0.1) is 0 Å². The fourth-order valence-corrected chi connectivity index (χ4v) is 8.66. The SMILES string of the molecule is CCCC1CCC2C1(C)CCC1C34CCCCC3=CCC214. The van der Waals surface area contributed by atoms with Crippen molar-refractivity contribution in [2.24, 2.45) is 34.0 Å². The molecular weight excluding hydrogens is 252 g/mol. The number of hydrogen-bond acceptors (Lipinski definition) is 0. The van der Waals surface area contributed by atoms with Crippen molar-refractivity contribution >= 4 is 0 Å². The predicted molar refractivity (Wildman–Crippen MR) is 88.0 cm³/mol. The van der Waals surface area contributed by atoms with Crippen LogP contribution in [0.3, 0.4) is 0 Å². The summed E-state index contributed by atoms with van der Waals surface area (Å²) in [5, 5.41) is 0. The molecule has 5 rings (SSSR count). The van der Waals surface area contributed by atoms with Gasteiger partial charge in [0, 0.05) is 5.41 Å². The third kappa shape index (κ3) is 1.24. The lowest BCUT2D eigenvalue weighted by molar-refractivity contribution is 0.0338. The molecule has 0 amide bonds. The van der Waals surface area contributed by atoms with Crippen molar-refractivity contribution < 1.29 is 0 Å². The van der Waals surface area contributed by atoms with E-state index in [4.69, 9.17) is 0 Å². The smallest absolute Gasteiger partial charge is 0.00111 e. The van der Waals surface area contributed by atoms with Gasteiger partial charge in [-0.25, -0.2) is 0 Å². The van der Waals surface area contributed by atoms with E-state index in [0.717, 1.165) is 28.6 Å².